The van der Waals surface area contributed by atoms with Gasteiger partial charge < -0.3 is 9.47 Å². The van der Waals surface area contributed by atoms with Gasteiger partial charge in [-0.2, -0.15) is 5.26 Å². The Morgan fingerprint density at radius 3 is 2.74 bits per heavy atom. The Balaban J connectivity index is 1.56. The molecule has 9 heteroatoms. The summed E-state index contributed by atoms with van der Waals surface area (Å²) >= 11 is 1.30. The highest BCUT2D eigenvalue weighted by Gasteiger charge is 2.19. The molecule has 3 heterocycles. The van der Waals surface area contributed by atoms with Gasteiger partial charge in [-0.15, -0.1) is 10.2 Å². The molecule has 1 aliphatic heterocycles. The van der Waals surface area contributed by atoms with Gasteiger partial charge in [-0.1, -0.05) is 17.4 Å². The maximum absolute atomic E-state index is 13.7. The van der Waals surface area contributed by atoms with Crippen LogP contribution in [0.2, 0.25) is 0 Å². The quantitative estimate of drug-likeness (QED) is 0.478. The number of aromatic nitrogens is 3. The van der Waals surface area contributed by atoms with E-state index in [2.05, 4.69) is 20.4 Å². The van der Waals surface area contributed by atoms with E-state index in [9.17, 15) is 14.4 Å². The standard InChI is InChI=1S/C22H21FN6OS/c1-14-10-16(15(2)29(14)19-7-5-6-18(23)12-19)11-17(13-24)20(30)25-21-26-27-22(31-21)28-8-3-4-9-28/h5-7,10-12H,3-4,8-9H2,1-2H3,(H,25,26,30)/b17-11-. The van der Waals surface area contributed by atoms with E-state index in [4.69, 9.17) is 0 Å². The molecule has 0 saturated carbocycles. The van der Waals surface area contributed by atoms with Gasteiger partial charge in [0.05, 0.1) is 0 Å². The molecule has 1 aromatic carbocycles. The average molecular weight is 437 g/mol. The molecule has 31 heavy (non-hydrogen) atoms. The van der Waals surface area contributed by atoms with E-state index in [1.165, 1.54) is 29.5 Å². The van der Waals surface area contributed by atoms with Crippen LogP contribution in [0.3, 0.4) is 0 Å². The maximum atomic E-state index is 13.7. The van der Waals surface area contributed by atoms with Gasteiger partial charge in [0.15, 0.2) is 0 Å². The highest BCUT2D eigenvalue weighted by Crippen LogP contribution is 2.28. The first-order chi connectivity index (χ1) is 15.0. The minimum Gasteiger partial charge on any atom is -0.347 e. The van der Waals surface area contributed by atoms with Crippen molar-refractivity contribution in [3.05, 3.63) is 58.7 Å². The molecule has 3 aromatic rings. The summed E-state index contributed by atoms with van der Waals surface area (Å²) in [4.78, 5) is 14.8. The number of aryl methyl sites for hydroxylation is 1. The smallest absolute Gasteiger partial charge is 0.268 e. The number of rotatable bonds is 5. The molecule has 0 aliphatic carbocycles. The van der Waals surface area contributed by atoms with Crippen molar-refractivity contribution in [2.45, 2.75) is 26.7 Å². The number of nitriles is 1. The van der Waals surface area contributed by atoms with E-state index in [1.54, 1.807) is 6.07 Å². The first-order valence-corrected chi connectivity index (χ1v) is 10.7. The molecule has 1 amide bonds. The second-order valence-corrected chi connectivity index (χ2v) is 8.31. The van der Waals surface area contributed by atoms with Crippen molar-refractivity contribution in [2.24, 2.45) is 0 Å². The lowest BCUT2D eigenvalue weighted by Crippen LogP contribution is -2.17. The number of hydrogen-bond donors (Lipinski definition) is 1. The zero-order chi connectivity index (χ0) is 22.0. The number of nitrogens with zero attached hydrogens (tertiary/aromatic N) is 5. The van der Waals surface area contributed by atoms with Crippen LogP contribution in [0, 0.1) is 31.0 Å². The van der Waals surface area contributed by atoms with Gasteiger partial charge in [-0.3, -0.25) is 10.1 Å². The molecule has 0 spiro atoms. The third-order valence-electron chi connectivity index (χ3n) is 5.21. The number of nitrogens with one attached hydrogen (secondary N) is 1. The van der Waals surface area contributed by atoms with Crippen LogP contribution in [0.1, 0.15) is 29.8 Å². The van der Waals surface area contributed by atoms with E-state index in [0.29, 0.717) is 16.4 Å². The summed E-state index contributed by atoms with van der Waals surface area (Å²) in [5.74, 6) is -0.869. The van der Waals surface area contributed by atoms with Crippen LogP contribution in [-0.4, -0.2) is 33.8 Å². The van der Waals surface area contributed by atoms with Crippen LogP contribution < -0.4 is 10.2 Å². The monoisotopic (exact) mass is 436 g/mol. The molecule has 2 aromatic heterocycles. The summed E-state index contributed by atoms with van der Waals surface area (Å²) in [6.45, 7) is 5.63. The van der Waals surface area contributed by atoms with Gasteiger partial charge in [0.2, 0.25) is 10.3 Å². The fraction of sp³-hybridized carbons (Fsp3) is 0.273. The molecule has 0 radical (unpaired) electrons. The summed E-state index contributed by atoms with van der Waals surface area (Å²) in [6.07, 6.45) is 3.78. The SMILES string of the molecule is Cc1cc(/C=C(/C#N)C(=O)Nc2nnc(N3CCCC3)s2)c(C)n1-c1cccc(F)c1. The third-order valence-corrected chi connectivity index (χ3v) is 6.11. The van der Waals surface area contributed by atoms with Gasteiger partial charge in [0, 0.05) is 30.2 Å². The van der Waals surface area contributed by atoms with Gasteiger partial charge in [0.25, 0.3) is 5.91 Å². The lowest BCUT2D eigenvalue weighted by atomic mass is 10.1. The molecule has 0 bridgehead atoms. The summed E-state index contributed by atoms with van der Waals surface area (Å²) in [5, 5.41) is 21.5. The molecule has 1 saturated heterocycles. The number of hydrogen-bond acceptors (Lipinski definition) is 6. The lowest BCUT2D eigenvalue weighted by molar-refractivity contribution is -0.112. The van der Waals surface area contributed by atoms with E-state index in [-0.39, 0.29) is 11.4 Å². The van der Waals surface area contributed by atoms with Gasteiger partial charge in [0.1, 0.15) is 17.5 Å². The van der Waals surface area contributed by atoms with Crippen LogP contribution in [0.5, 0.6) is 0 Å². The van der Waals surface area contributed by atoms with Crippen LogP contribution >= 0.6 is 11.3 Å². The lowest BCUT2D eigenvalue weighted by Gasteiger charge is -2.10. The molecular formula is C22H21FN6OS. The Morgan fingerprint density at radius 1 is 1.26 bits per heavy atom. The highest BCUT2D eigenvalue weighted by molar-refractivity contribution is 7.19. The zero-order valence-corrected chi connectivity index (χ0v) is 18.0. The van der Waals surface area contributed by atoms with E-state index in [0.717, 1.165) is 42.5 Å². The Bertz CT molecular complexity index is 1200. The van der Waals surface area contributed by atoms with Crippen molar-refractivity contribution in [2.75, 3.05) is 23.3 Å². The normalized spacial score (nSPS) is 14.0. The van der Waals surface area contributed by atoms with Gasteiger partial charge in [-0.25, -0.2) is 4.39 Å². The number of carbonyl (C=O) groups excluding carboxylic acids is 1. The molecule has 7 nitrogen and oxygen atoms in total. The second-order valence-electron chi connectivity index (χ2n) is 7.35. The highest BCUT2D eigenvalue weighted by atomic mass is 32.1. The van der Waals surface area contributed by atoms with Crippen LogP contribution in [0.4, 0.5) is 14.7 Å². The molecule has 0 atom stereocenters. The van der Waals surface area contributed by atoms with E-state index >= 15 is 0 Å². The van der Waals surface area contributed by atoms with Crippen molar-refractivity contribution in [3.63, 3.8) is 0 Å². The van der Waals surface area contributed by atoms with Crippen molar-refractivity contribution in [1.29, 1.82) is 5.26 Å². The number of halogens is 1. The molecule has 1 fully saturated rings. The van der Waals surface area contributed by atoms with Crippen LogP contribution in [0.25, 0.3) is 11.8 Å². The minimum absolute atomic E-state index is 0.0441. The largest absolute Gasteiger partial charge is 0.347 e. The number of anilines is 2. The molecule has 0 unspecified atom stereocenters. The summed E-state index contributed by atoms with van der Waals surface area (Å²) in [5.41, 5.74) is 3.02. The van der Waals surface area contributed by atoms with Gasteiger partial charge >= 0.3 is 0 Å². The fourth-order valence-electron chi connectivity index (χ4n) is 3.72. The topological polar surface area (TPSA) is 86.8 Å². The zero-order valence-electron chi connectivity index (χ0n) is 17.2. The summed E-state index contributed by atoms with van der Waals surface area (Å²) < 4.78 is 15.6. The number of carbonyl (C=O) groups is 1. The van der Waals surface area contributed by atoms with Crippen LogP contribution in [0.15, 0.2) is 35.9 Å². The summed E-state index contributed by atoms with van der Waals surface area (Å²) in [7, 11) is 0. The second kappa shape index (κ2) is 8.70. The van der Waals surface area contributed by atoms with Crippen LogP contribution in [-0.2, 0) is 4.79 Å². The average Bonchev–Trinajstić information content (AvgIpc) is 3.47. The third kappa shape index (κ3) is 4.34. The minimum atomic E-state index is -0.540. The number of amides is 1. The van der Waals surface area contributed by atoms with Gasteiger partial charge in [-0.05, 0) is 62.6 Å². The maximum Gasteiger partial charge on any atom is 0.268 e. The number of benzene rings is 1. The van der Waals surface area contributed by atoms with Crippen molar-refractivity contribution in [1.82, 2.24) is 14.8 Å². The Morgan fingerprint density at radius 2 is 2.03 bits per heavy atom. The first kappa shape index (κ1) is 20.8. The van der Waals surface area contributed by atoms with Crippen molar-refractivity contribution < 1.29 is 9.18 Å². The Kier molecular flexibility index (Phi) is 5.82. The fourth-order valence-corrected chi connectivity index (χ4v) is 4.51. The van der Waals surface area contributed by atoms with Crippen molar-refractivity contribution in [3.8, 4) is 11.8 Å². The first-order valence-electron chi connectivity index (χ1n) is 9.93. The molecule has 158 valence electrons. The Labute approximate surface area is 183 Å². The van der Waals surface area contributed by atoms with E-state index < -0.39 is 5.91 Å². The Hall–Kier alpha value is -3.51. The summed E-state index contributed by atoms with van der Waals surface area (Å²) in [6, 6.07) is 10.1. The predicted octanol–water partition coefficient (Wildman–Crippen LogP) is 4.23. The molecule has 4 rings (SSSR count). The molecule has 1 N–H and O–H groups in total. The van der Waals surface area contributed by atoms with Crippen molar-refractivity contribution >= 4 is 33.6 Å². The molecule has 1 aliphatic rings. The molecular weight excluding hydrogens is 415 g/mol. The van der Waals surface area contributed by atoms with E-state index in [1.807, 2.05) is 36.6 Å². The predicted molar refractivity (Wildman–Crippen MR) is 119 cm³/mol.